The third-order valence-corrected chi connectivity index (χ3v) is 6.17. The number of hydrogen-bond donors (Lipinski definition) is 3. The van der Waals surface area contributed by atoms with Crippen molar-refractivity contribution in [2.45, 2.75) is 12.5 Å². The fourth-order valence-electron chi connectivity index (χ4n) is 3.96. The summed E-state index contributed by atoms with van der Waals surface area (Å²) in [5, 5.41) is 4.38. The third kappa shape index (κ3) is 6.91. The summed E-state index contributed by atoms with van der Waals surface area (Å²) in [4.78, 5) is 42.3. The van der Waals surface area contributed by atoms with E-state index in [0.717, 1.165) is 5.56 Å². The van der Waals surface area contributed by atoms with Gasteiger partial charge >= 0.3 is 0 Å². The molecule has 0 radical (unpaired) electrons. The quantitative estimate of drug-likeness (QED) is 0.118. The van der Waals surface area contributed by atoms with Crippen molar-refractivity contribution >= 4 is 46.8 Å². The molecule has 4 rings (SSSR count). The van der Waals surface area contributed by atoms with Gasteiger partial charge in [-0.15, -0.1) is 0 Å². The minimum atomic E-state index is -0.920. The molecule has 0 aliphatic rings. The Morgan fingerprint density at radius 3 is 2.44 bits per heavy atom. The molecular weight excluding hydrogens is 539 g/mol. The van der Waals surface area contributed by atoms with Crippen LogP contribution in [0.2, 0.25) is 5.02 Å². The number of nitrogens with zero attached hydrogens (tertiary/aromatic N) is 3. The molecule has 39 heavy (non-hydrogen) atoms. The molecule has 198 valence electrons. The van der Waals surface area contributed by atoms with Gasteiger partial charge in [-0.25, -0.2) is 10.8 Å². The summed E-state index contributed by atoms with van der Waals surface area (Å²) >= 11 is 12.0. The Morgan fingerprint density at radius 1 is 1.08 bits per heavy atom. The Bertz CT molecular complexity index is 1570. The van der Waals surface area contributed by atoms with Gasteiger partial charge in [0.1, 0.15) is 17.5 Å². The van der Waals surface area contributed by atoms with E-state index in [1.165, 1.54) is 28.2 Å². The van der Waals surface area contributed by atoms with Crippen molar-refractivity contribution < 1.29 is 9.59 Å². The molecule has 0 bridgehead atoms. The number of anilines is 2. The van der Waals surface area contributed by atoms with Crippen LogP contribution in [-0.4, -0.2) is 21.7 Å². The fraction of sp³-hybridized carbons (Fsp3) is 0.0714. The molecule has 0 aliphatic carbocycles. The number of aldehydes is 1. The number of hydrogen-bond acceptors (Lipinski definition) is 7. The first-order valence-electron chi connectivity index (χ1n) is 11.7. The van der Waals surface area contributed by atoms with Crippen molar-refractivity contribution in [2.75, 3.05) is 10.3 Å². The Balaban J connectivity index is 1.72. The molecule has 4 aromatic rings. The van der Waals surface area contributed by atoms with Gasteiger partial charge in [0.2, 0.25) is 5.91 Å². The number of nitrogens with one attached hydrogen (secondary N) is 1. The number of halogens is 2. The molecule has 1 atom stereocenters. The maximum absolute atomic E-state index is 13.4. The lowest BCUT2D eigenvalue weighted by Gasteiger charge is -2.21. The van der Waals surface area contributed by atoms with Crippen molar-refractivity contribution in [3.05, 3.63) is 123 Å². The maximum atomic E-state index is 13.4. The van der Waals surface area contributed by atoms with Crippen LogP contribution in [0.4, 0.5) is 11.4 Å². The molecule has 0 saturated heterocycles. The molecule has 9 nitrogen and oxygen atoms in total. The van der Waals surface area contributed by atoms with Gasteiger partial charge in [-0.05, 0) is 48.0 Å². The standard InChI is InChI=1S/C28H24Cl2N6O3/c29-20-8-11-24(36(32)15-26(30)31)22(13-20)23-14-27(38)35(17-33-23)25(12-18-4-2-1-3-5-18)28(39)34-21-9-6-19(16-37)7-10-21/h1-11,13-17,25H,12,31-32H2,(H,34,39)/b26-15-. The smallest absolute Gasteiger partial charge is 0.254 e. The van der Waals surface area contributed by atoms with Gasteiger partial charge in [0, 0.05) is 34.3 Å². The SMILES string of the molecule is N/C(Cl)=C\N(N)c1ccc(Cl)cc1-c1cc(=O)n(C(Cc2ccccc2)C(=O)Nc2ccc(C=O)cc2)cn1. The zero-order valence-corrected chi connectivity index (χ0v) is 22.0. The molecule has 1 heterocycles. The highest BCUT2D eigenvalue weighted by atomic mass is 35.5. The number of aromatic nitrogens is 2. The summed E-state index contributed by atoms with van der Waals surface area (Å²) in [6.07, 6.45) is 3.57. The van der Waals surface area contributed by atoms with E-state index in [1.54, 1.807) is 42.5 Å². The van der Waals surface area contributed by atoms with Crippen molar-refractivity contribution in [1.82, 2.24) is 9.55 Å². The monoisotopic (exact) mass is 562 g/mol. The molecule has 0 aliphatic heterocycles. The molecular formula is C28H24Cl2N6O3. The van der Waals surface area contributed by atoms with Crippen LogP contribution >= 0.6 is 23.2 Å². The Hall–Kier alpha value is -4.44. The number of hydrazine groups is 1. The summed E-state index contributed by atoms with van der Waals surface area (Å²) in [5.41, 5.74) is 8.09. The minimum Gasteiger partial charge on any atom is -0.388 e. The van der Waals surface area contributed by atoms with E-state index < -0.39 is 17.5 Å². The van der Waals surface area contributed by atoms with E-state index in [2.05, 4.69) is 10.3 Å². The number of nitrogens with two attached hydrogens (primary N) is 2. The summed E-state index contributed by atoms with van der Waals surface area (Å²) < 4.78 is 1.27. The van der Waals surface area contributed by atoms with Crippen LogP contribution in [0.3, 0.4) is 0 Å². The minimum absolute atomic E-state index is 0.0441. The zero-order valence-electron chi connectivity index (χ0n) is 20.5. The first kappa shape index (κ1) is 27.6. The molecule has 1 unspecified atom stereocenters. The van der Waals surface area contributed by atoms with Crippen LogP contribution in [-0.2, 0) is 11.2 Å². The van der Waals surface area contributed by atoms with Gasteiger partial charge in [0.25, 0.3) is 5.56 Å². The second-order valence-corrected chi connectivity index (χ2v) is 9.41. The molecule has 11 heteroatoms. The van der Waals surface area contributed by atoms with E-state index >= 15 is 0 Å². The number of carbonyl (C=O) groups is 2. The van der Waals surface area contributed by atoms with Gasteiger partial charge in [-0.3, -0.25) is 24.0 Å². The van der Waals surface area contributed by atoms with E-state index in [-0.39, 0.29) is 17.3 Å². The third-order valence-electron chi connectivity index (χ3n) is 5.84. The van der Waals surface area contributed by atoms with Crippen LogP contribution in [0.15, 0.2) is 101 Å². The predicted molar refractivity (Wildman–Crippen MR) is 153 cm³/mol. The molecule has 0 spiro atoms. The number of carbonyl (C=O) groups excluding carboxylic acids is 2. The molecule has 0 fully saturated rings. The lowest BCUT2D eigenvalue weighted by atomic mass is 10.0. The molecule has 0 saturated carbocycles. The maximum Gasteiger partial charge on any atom is 0.254 e. The molecule has 1 aromatic heterocycles. The molecule has 5 N–H and O–H groups in total. The van der Waals surface area contributed by atoms with Crippen LogP contribution in [0, 0.1) is 0 Å². The van der Waals surface area contributed by atoms with Gasteiger partial charge in [-0.2, -0.15) is 0 Å². The normalized spacial score (nSPS) is 12.0. The topological polar surface area (TPSA) is 136 Å². The largest absolute Gasteiger partial charge is 0.388 e. The summed E-state index contributed by atoms with van der Waals surface area (Å²) in [6, 6.07) is 21.0. The van der Waals surface area contributed by atoms with E-state index in [1.807, 2.05) is 30.3 Å². The van der Waals surface area contributed by atoms with Gasteiger partial charge in [0.15, 0.2) is 0 Å². The first-order valence-corrected chi connectivity index (χ1v) is 12.5. The second kappa shape index (κ2) is 12.4. The number of amides is 1. The molecule has 1 amide bonds. The van der Waals surface area contributed by atoms with Crippen LogP contribution in [0.25, 0.3) is 11.3 Å². The van der Waals surface area contributed by atoms with Gasteiger partial charge in [0.05, 0.1) is 23.9 Å². The van der Waals surface area contributed by atoms with E-state index in [4.69, 9.17) is 34.8 Å². The lowest BCUT2D eigenvalue weighted by Crippen LogP contribution is -2.34. The first-order chi connectivity index (χ1) is 18.7. The van der Waals surface area contributed by atoms with Crippen molar-refractivity contribution in [1.29, 1.82) is 0 Å². The van der Waals surface area contributed by atoms with Gasteiger partial charge < -0.3 is 11.1 Å². The van der Waals surface area contributed by atoms with Crippen molar-refractivity contribution in [3.8, 4) is 11.3 Å². The van der Waals surface area contributed by atoms with Crippen molar-refractivity contribution in [2.24, 2.45) is 11.6 Å². The van der Waals surface area contributed by atoms with Crippen LogP contribution < -0.4 is 27.5 Å². The highest BCUT2D eigenvalue weighted by molar-refractivity contribution is 6.31. The highest BCUT2D eigenvalue weighted by Gasteiger charge is 2.23. The van der Waals surface area contributed by atoms with Crippen LogP contribution in [0.1, 0.15) is 22.0 Å². The summed E-state index contributed by atoms with van der Waals surface area (Å²) in [7, 11) is 0. The Kier molecular flexibility index (Phi) is 8.77. The zero-order chi connectivity index (χ0) is 27.9. The highest BCUT2D eigenvalue weighted by Crippen LogP contribution is 2.31. The fourth-order valence-corrected chi connectivity index (χ4v) is 4.23. The predicted octanol–water partition coefficient (Wildman–Crippen LogP) is 4.48. The van der Waals surface area contributed by atoms with E-state index in [9.17, 15) is 14.4 Å². The lowest BCUT2D eigenvalue weighted by molar-refractivity contribution is -0.119. The van der Waals surface area contributed by atoms with Crippen LogP contribution in [0.5, 0.6) is 0 Å². The van der Waals surface area contributed by atoms with Crippen molar-refractivity contribution in [3.63, 3.8) is 0 Å². The number of benzene rings is 3. The average Bonchev–Trinajstić information content (AvgIpc) is 2.92. The molecule has 3 aromatic carbocycles. The van der Waals surface area contributed by atoms with Gasteiger partial charge in [-0.1, -0.05) is 53.5 Å². The summed E-state index contributed by atoms with van der Waals surface area (Å²) in [5.74, 6) is 5.66. The Labute approximate surface area is 234 Å². The second-order valence-electron chi connectivity index (χ2n) is 8.54. The number of rotatable bonds is 9. The Morgan fingerprint density at radius 2 is 1.79 bits per heavy atom. The average molecular weight is 563 g/mol. The summed E-state index contributed by atoms with van der Waals surface area (Å²) in [6.45, 7) is 0. The van der Waals surface area contributed by atoms with E-state index in [0.29, 0.717) is 33.8 Å².